The lowest BCUT2D eigenvalue weighted by atomic mass is 10.4. The Hall–Kier alpha value is -3.16. The first-order chi connectivity index (χ1) is 11.7. The van der Waals surface area contributed by atoms with Gasteiger partial charge in [-0.1, -0.05) is 0 Å². The standard InChI is InChI=1S/C16H15N5O3/c1-10-3-4-11(23-10)7-19-14(22)15-20-12-8-21(9-13(12)24-15)16-17-5-2-6-18-16/h2-6H,7-9H2,1H3,(H,19,22). The molecule has 0 spiro atoms. The summed E-state index contributed by atoms with van der Waals surface area (Å²) in [5, 5.41) is 2.73. The van der Waals surface area contributed by atoms with Crippen LogP contribution in [0.1, 0.15) is 33.7 Å². The number of nitrogens with zero attached hydrogens (tertiary/aromatic N) is 4. The van der Waals surface area contributed by atoms with Crippen LogP contribution in [0.25, 0.3) is 0 Å². The zero-order valence-electron chi connectivity index (χ0n) is 13.0. The number of carbonyl (C=O) groups excluding carboxylic acids is 1. The third-order valence-electron chi connectivity index (χ3n) is 3.70. The highest BCUT2D eigenvalue weighted by Gasteiger charge is 2.28. The Bertz CT molecular complexity index is 847. The first-order valence-electron chi connectivity index (χ1n) is 7.53. The zero-order valence-corrected chi connectivity index (χ0v) is 13.0. The molecule has 0 saturated heterocycles. The van der Waals surface area contributed by atoms with Crippen LogP contribution in [0.2, 0.25) is 0 Å². The average Bonchev–Trinajstić information content (AvgIpc) is 3.27. The van der Waals surface area contributed by atoms with E-state index in [2.05, 4.69) is 20.3 Å². The van der Waals surface area contributed by atoms with Gasteiger partial charge in [0, 0.05) is 12.4 Å². The molecule has 0 fully saturated rings. The lowest BCUT2D eigenvalue weighted by molar-refractivity contribution is 0.0911. The molecule has 4 rings (SSSR count). The van der Waals surface area contributed by atoms with Crippen LogP contribution in [0.15, 0.2) is 39.4 Å². The van der Waals surface area contributed by atoms with Gasteiger partial charge in [-0.25, -0.2) is 15.0 Å². The van der Waals surface area contributed by atoms with Crippen LogP contribution >= 0.6 is 0 Å². The molecule has 1 aliphatic rings. The minimum atomic E-state index is -0.360. The van der Waals surface area contributed by atoms with Gasteiger partial charge in [0.1, 0.15) is 23.0 Å². The van der Waals surface area contributed by atoms with Crippen molar-refractivity contribution >= 4 is 11.9 Å². The van der Waals surface area contributed by atoms with Gasteiger partial charge in [0.25, 0.3) is 5.89 Å². The molecule has 3 aromatic rings. The molecule has 1 N–H and O–H groups in total. The van der Waals surface area contributed by atoms with Crippen LogP contribution in [0.4, 0.5) is 5.95 Å². The third-order valence-corrected chi connectivity index (χ3v) is 3.70. The van der Waals surface area contributed by atoms with E-state index in [0.717, 1.165) is 11.5 Å². The number of nitrogens with one attached hydrogen (secondary N) is 1. The van der Waals surface area contributed by atoms with Crippen LogP contribution in [-0.2, 0) is 19.6 Å². The highest BCUT2D eigenvalue weighted by Crippen LogP contribution is 2.26. The van der Waals surface area contributed by atoms with Crippen molar-refractivity contribution in [2.75, 3.05) is 4.90 Å². The van der Waals surface area contributed by atoms with Crippen LogP contribution in [0, 0.1) is 6.92 Å². The Labute approximate surface area is 137 Å². The van der Waals surface area contributed by atoms with Crippen LogP contribution < -0.4 is 10.2 Å². The van der Waals surface area contributed by atoms with Crippen LogP contribution in [-0.4, -0.2) is 20.9 Å². The summed E-state index contributed by atoms with van der Waals surface area (Å²) in [6.07, 6.45) is 3.37. The van der Waals surface area contributed by atoms with E-state index >= 15 is 0 Å². The van der Waals surface area contributed by atoms with Crippen molar-refractivity contribution in [3.8, 4) is 0 Å². The first-order valence-corrected chi connectivity index (χ1v) is 7.53. The topological polar surface area (TPSA) is 97.3 Å². The smallest absolute Gasteiger partial charge is 0.307 e. The van der Waals surface area contributed by atoms with Gasteiger partial charge in [-0.15, -0.1) is 0 Å². The third kappa shape index (κ3) is 2.73. The maximum absolute atomic E-state index is 12.1. The van der Waals surface area contributed by atoms with E-state index in [-0.39, 0.29) is 11.8 Å². The van der Waals surface area contributed by atoms with E-state index in [0.29, 0.717) is 37.1 Å². The van der Waals surface area contributed by atoms with Crippen molar-refractivity contribution in [2.24, 2.45) is 0 Å². The number of carbonyl (C=O) groups is 1. The minimum Gasteiger partial charge on any atom is -0.465 e. The van der Waals surface area contributed by atoms with Crippen molar-refractivity contribution in [1.82, 2.24) is 20.3 Å². The molecule has 1 aliphatic heterocycles. The summed E-state index contributed by atoms with van der Waals surface area (Å²) in [5.74, 6) is 2.48. The Morgan fingerprint density at radius 1 is 1.25 bits per heavy atom. The van der Waals surface area contributed by atoms with Crippen molar-refractivity contribution in [3.05, 3.63) is 59.5 Å². The molecule has 0 unspecified atom stereocenters. The molecule has 122 valence electrons. The predicted octanol–water partition coefficient (Wildman–Crippen LogP) is 1.82. The highest BCUT2D eigenvalue weighted by molar-refractivity contribution is 5.89. The number of fused-ring (bicyclic) bond motifs is 1. The van der Waals surface area contributed by atoms with E-state index in [1.807, 2.05) is 24.0 Å². The predicted molar refractivity (Wildman–Crippen MR) is 83.0 cm³/mol. The lowest BCUT2D eigenvalue weighted by Crippen LogP contribution is -2.23. The second-order valence-corrected chi connectivity index (χ2v) is 5.49. The molecule has 0 radical (unpaired) electrons. The fourth-order valence-corrected chi connectivity index (χ4v) is 2.56. The van der Waals surface area contributed by atoms with Gasteiger partial charge in [-0.05, 0) is 25.1 Å². The largest absolute Gasteiger partial charge is 0.465 e. The van der Waals surface area contributed by atoms with Crippen molar-refractivity contribution in [2.45, 2.75) is 26.6 Å². The van der Waals surface area contributed by atoms with Gasteiger partial charge in [0.15, 0.2) is 0 Å². The number of anilines is 1. The number of hydrogen-bond acceptors (Lipinski definition) is 7. The summed E-state index contributed by atoms with van der Waals surface area (Å²) in [6, 6.07) is 5.43. The molecule has 24 heavy (non-hydrogen) atoms. The Morgan fingerprint density at radius 3 is 2.79 bits per heavy atom. The number of oxazole rings is 1. The van der Waals surface area contributed by atoms with Gasteiger partial charge < -0.3 is 19.1 Å². The Morgan fingerprint density at radius 2 is 2.08 bits per heavy atom. The number of furan rings is 1. The summed E-state index contributed by atoms with van der Waals surface area (Å²) in [4.78, 5) is 26.8. The van der Waals surface area contributed by atoms with Gasteiger partial charge in [0.2, 0.25) is 5.95 Å². The maximum Gasteiger partial charge on any atom is 0.307 e. The number of amides is 1. The fourth-order valence-electron chi connectivity index (χ4n) is 2.56. The van der Waals surface area contributed by atoms with Crippen molar-refractivity contribution in [1.29, 1.82) is 0 Å². The molecule has 8 nitrogen and oxygen atoms in total. The molecule has 4 heterocycles. The number of aromatic nitrogens is 3. The summed E-state index contributed by atoms with van der Waals surface area (Å²) in [5.41, 5.74) is 0.737. The zero-order chi connectivity index (χ0) is 16.5. The lowest BCUT2D eigenvalue weighted by Gasteiger charge is -2.13. The summed E-state index contributed by atoms with van der Waals surface area (Å²) < 4.78 is 11.0. The molecule has 0 bridgehead atoms. The Kier molecular flexibility index (Phi) is 3.49. The molecular weight excluding hydrogens is 310 g/mol. The number of rotatable bonds is 4. The number of hydrogen-bond donors (Lipinski definition) is 1. The molecular formula is C16H15N5O3. The Balaban J connectivity index is 1.40. The van der Waals surface area contributed by atoms with E-state index in [1.165, 1.54) is 0 Å². The van der Waals surface area contributed by atoms with Crippen molar-refractivity contribution in [3.63, 3.8) is 0 Å². The van der Waals surface area contributed by atoms with E-state index < -0.39 is 0 Å². The van der Waals surface area contributed by atoms with E-state index in [4.69, 9.17) is 8.83 Å². The van der Waals surface area contributed by atoms with E-state index in [1.54, 1.807) is 18.5 Å². The average molecular weight is 325 g/mol. The monoisotopic (exact) mass is 325 g/mol. The normalized spacial score (nSPS) is 13.1. The second-order valence-electron chi connectivity index (χ2n) is 5.49. The van der Waals surface area contributed by atoms with Crippen LogP contribution in [0.3, 0.4) is 0 Å². The van der Waals surface area contributed by atoms with Crippen molar-refractivity contribution < 1.29 is 13.6 Å². The van der Waals surface area contributed by atoms with Gasteiger partial charge in [-0.3, -0.25) is 4.79 Å². The van der Waals surface area contributed by atoms with Gasteiger partial charge in [-0.2, -0.15) is 0 Å². The van der Waals surface area contributed by atoms with E-state index in [9.17, 15) is 4.79 Å². The summed E-state index contributed by atoms with van der Waals surface area (Å²) >= 11 is 0. The molecule has 1 amide bonds. The van der Waals surface area contributed by atoms with Gasteiger partial charge >= 0.3 is 5.91 Å². The molecule has 0 saturated carbocycles. The molecule has 8 heteroatoms. The quantitative estimate of drug-likeness (QED) is 0.781. The highest BCUT2D eigenvalue weighted by atomic mass is 16.4. The molecule has 0 atom stereocenters. The van der Waals surface area contributed by atoms with Gasteiger partial charge in [0.05, 0.1) is 19.6 Å². The fraction of sp³-hybridized carbons (Fsp3) is 0.250. The maximum atomic E-state index is 12.1. The van der Waals surface area contributed by atoms with Crippen LogP contribution in [0.5, 0.6) is 0 Å². The second kappa shape index (κ2) is 5.80. The summed E-state index contributed by atoms with van der Waals surface area (Å²) in [7, 11) is 0. The molecule has 3 aromatic heterocycles. The minimum absolute atomic E-state index is 0.0666. The summed E-state index contributed by atoms with van der Waals surface area (Å²) in [6.45, 7) is 3.17. The molecule has 0 aromatic carbocycles. The first kappa shape index (κ1) is 14.4. The number of aryl methyl sites for hydroxylation is 1. The SMILES string of the molecule is Cc1ccc(CNC(=O)c2nc3c(o2)CN(c2ncccn2)C3)o1. The molecule has 0 aliphatic carbocycles.